The maximum atomic E-state index is 5.86. The van der Waals surface area contributed by atoms with Gasteiger partial charge in [-0.25, -0.2) is 0 Å². The largest absolute Gasteiger partial charge is 0.496 e. The van der Waals surface area contributed by atoms with Gasteiger partial charge in [-0.15, -0.1) is 12.4 Å². The van der Waals surface area contributed by atoms with Gasteiger partial charge in [-0.05, 0) is 38.0 Å². The molecule has 3 heteroatoms. The lowest BCUT2D eigenvalue weighted by atomic mass is 9.99. The van der Waals surface area contributed by atoms with Crippen molar-refractivity contribution in [2.45, 2.75) is 26.8 Å². The van der Waals surface area contributed by atoms with Gasteiger partial charge in [0.05, 0.1) is 7.11 Å². The number of hydrogen-bond acceptors (Lipinski definition) is 2. The second kappa shape index (κ2) is 5.23. The van der Waals surface area contributed by atoms with E-state index in [4.69, 9.17) is 10.5 Å². The zero-order valence-electron chi connectivity index (χ0n) is 9.13. The quantitative estimate of drug-likeness (QED) is 0.824. The molecule has 0 amide bonds. The Balaban J connectivity index is 0.00000169. The first kappa shape index (κ1) is 13.3. The van der Waals surface area contributed by atoms with Crippen LogP contribution in [0.25, 0.3) is 0 Å². The number of benzene rings is 1. The first-order chi connectivity index (χ1) is 6.06. The molecule has 0 spiro atoms. The molecular formula is C11H18ClNO. The van der Waals surface area contributed by atoms with E-state index in [-0.39, 0.29) is 18.4 Å². The van der Waals surface area contributed by atoms with Crippen molar-refractivity contribution >= 4 is 12.4 Å². The smallest absolute Gasteiger partial charge is 0.124 e. The third-order valence-electron chi connectivity index (χ3n) is 2.17. The molecule has 0 bridgehead atoms. The van der Waals surface area contributed by atoms with Crippen LogP contribution in [0.2, 0.25) is 0 Å². The highest BCUT2D eigenvalue weighted by Crippen LogP contribution is 2.28. The lowest BCUT2D eigenvalue weighted by molar-refractivity contribution is 0.406. The van der Waals surface area contributed by atoms with E-state index in [1.165, 1.54) is 11.1 Å². The fourth-order valence-electron chi connectivity index (χ4n) is 1.69. The van der Waals surface area contributed by atoms with Crippen molar-refractivity contribution in [3.05, 3.63) is 28.8 Å². The predicted molar refractivity (Wildman–Crippen MR) is 62.3 cm³/mol. The van der Waals surface area contributed by atoms with Crippen LogP contribution in [-0.2, 0) is 0 Å². The van der Waals surface area contributed by atoms with Crippen molar-refractivity contribution < 1.29 is 4.74 Å². The Morgan fingerprint density at radius 1 is 1.29 bits per heavy atom. The van der Waals surface area contributed by atoms with E-state index >= 15 is 0 Å². The van der Waals surface area contributed by atoms with Crippen LogP contribution in [0.5, 0.6) is 5.75 Å². The van der Waals surface area contributed by atoms with Gasteiger partial charge >= 0.3 is 0 Å². The van der Waals surface area contributed by atoms with E-state index in [2.05, 4.69) is 19.9 Å². The van der Waals surface area contributed by atoms with Crippen LogP contribution in [0.1, 0.15) is 29.7 Å². The summed E-state index contributed by atoms with van der Waals surface area (Å²) in [6.45, 7) is 6.09. The molecule has 0 aliphatic carbocycles. The van der Waals surface area contributed by atoms with Gasteiger partial charge in [0.1, 0.15) is 5.75 Å². The van der Waals surface area contributed by atoms with E-state index in [1.807, 2.05) is 13.0 Å². The Morgan fingerprint density at radius 3 is 2.29 bits per heavy atom. The van der Waals surface area contributed by atoms with E-state index in [9.17, 15) is 0 Å². The Kier molecular flexibility index (Phi) is 4.95. The van der Waals surface area contributed by atoms with Crippen LogP contribution in [0.4, 0.5) is 0 Å². The van der Waals surface area contributed by atoms with Crippen LogP contribution in [0, 0.1) is 13.8 Å². The molecule has 0 saturated heterocycles. The summed E-state index contributed by atoms with van der Waals surface area (Å²) in [6, 6.07) is 4.17. The van der Waals surface area contributed by atoms with E-state index in [0.29, 0.717) is 0 Å². The molecule has 1 rings (SSSR count). The van der Waals surface area contributed by atoms with Gasteiger partial charge in [-0.1, -0.05) is 6.07 Å². The molecular weight excluding hydrogens is 198 g/mol. The summed E-state index contributed by atoms with van der Waals surface area (Å²) < 4.78 is 5.29. The van der Waals surface area contributed by atoms with Crippen molar-refractivity contribution in [1.29, 1.82) is 0 Å². The number of halogens is 1. The lowest BCUT2D eigenvalue weighted by Crippen LogP contribution is -2.09. The van der Waals surface area contributed by atoms with Gasteiger partial charge in [-0.2, -0.15) is 0 Å². The minimum atomic E-state index is 0. The summed E-state index contributed by atoms with van der Waals surface area (Å²) in [5.74, 6) is 0.896. The Morgan fingerprint density at radius 2 is 1.86 bits per heavy atom. The molecule has 14 heavy (non-hydrogen) atoms. The zero-order valence-corrected chi connectivity index (χ0v) is 9.94. The monoisotopic (exact) mass is 215 g/mol. The topological polar surface area (TPSA) is 35.2 Å². The summed E-state index contributed by atoms with van der Waals surface area (Å²) >= 11 is 0. The van der Waals surface area contributed by atoms with Crippen molar-refractivity contribution in [1.82, 2.24) is 0 Å². The van der Waals surface area contributed by atoms with Crippen LogP contribution in [0.15, 0.2) is 12.1 Å². The number of ether oxygens (including phenoxy) is 1. The van der Waals surface area contributed by atoms with Gasteiger partial charge in [-0.3, -0.25) is 0 Å². The molecule has 2 nitrogen and oxygen atoms in total. The standard InChI is InChI=1S/C11H17NO.ClH/c1-7-5-8(2)11(9(3)12)10(6-7)13-4;/h5-6,9H,12H2,1-4H3;1H. The van der Waals surface area contributed by atoms with E-state index < -0.39 is 0 Å². The Labute approximate surface area is 91.9 Å². The normalized spacial score (nSPS) is 11.8. The summed E-state index contributed by atoms with van der Waals surface area (Å²) in [7, 11) is 1.68. The van der Waals surface area contributed by atoms with E-state index in [0.717, 1.165) is 11.3 Å². The Hall–Kier alpha value is -0.730. The second-order valence-electron chi connectivity index (χ2n) is 3.49. The first-order valence-electron chi connectivity index (χ1n) is 4.47. The first-order valence-corrected chi connectivity index (χ1v) is 4.47. The van der Waals surface area contributed by atoms with Gasteiger partial charge in [0.25, 0.3) is 0 Å². The summed E-state index contributed by atoms with van der Waals surface area (Å²) in [5.41, 5.74) is 9.37. The van der Waals surface area contributed by atoms with Crippen molar-refractivity contribution in [3.63, 3.8) is 0 Å². The van der Waals surface area contributed by atoms with Crippen LogP contribution < -0.4 is 10.5 Å². The molecule has 80 valence electrons. The van der Waals surface area contributed by atoms with Gasteiger partial charge < -0.3 is 10.5 Å². The van der Waals surface area contributed by atoms with Crippen molar-refractivity contribution in [3.8, 4) is 5.75 Å². The minimum absolute atomic E-state index is 0. The fraction of sp³-hybridized carbons (Fsp3) is 0.455. The van der Waals surface area contributed by atoms with Crippen LogP contribution in [0.3, 0.4) is 0 Å². The summed E-state index contributed by atoms with van der Waals surface area (Å²) in [4.78, 5) is 0. The van der Waals surface area contributed by atoms with Crippen LogP contribution in [-0.4, -0.2) is 7.11 Å². The second-order valence-corrected chi connectivity index (χ2v) is 3.49. The van der Waals surface area contributed by atoms with Crippen molar-refractivity contribution in [2.75, 3.05) is 7.11 Å². The van der Waals surface area contributed by atoms with Gasteiger partial charge in [0.2, 0.25) is 0 Å². The molecule has 0 aliphatic heterocycles. The van der Waals surface area contributed by atoms with Gasteiger partial charge in [0.15, 0.2) is 0 Å². The van der Waals surface area contributed by atoms with Crippen LogP contribution >= 0.6 is 12.4 Å². The average Bonchev–Trinajstić information content (AvgIpc) is 2.01. The summed E-state index contributed by atoms with van der Waals surface area (Å²) in [6.07, 6.45) is 0. The number of rotatable bonds is 2. The molecule has 1 atom stereocenters. The number of aryl methyl sites for hydroxylation is 2. The maximum absolute atomic E-state index is 5.86. The highest BCUT2D eigenvalue weighted by Gasteiger charge is 2.10. The van der Waals surface area contributed by atoms with Gasteiger partial charge in [0, 0.05) is 11.6 Å². The predicted octanol–water partition coefficient (Wildman–Crippen LogP) is 2.75. The van der Waals surface area contributed by atoms with E-state index in [1.54, 1.807) is 7.11 Å². The fourth-order valence-corrected chi connectivity index (χ4v) is 1.69. The molecule has 1 aromatic carbocycles. The molecule has 2 N–H and O–H groups in total. The molecule has 0 radical (unpaired) electrons. The summed E-state index contributed by atoms with van der Waals surface area (Å²) in [5, 5.41) is 0. The molecule has 1 unspecified atom stereocenters. The molecule has 1 aromatic rings. The number of nitrogens with two attached hydrogens (primary N) is 1. The SMILES string of the molecule is COc1cc(C)cc(C)c1C(C)N.Cl. The minimum Gasteiger partial charge on any atom is -0.496 e. The lowest BCUT2D eigenvalue weighted by Gasteiger charge is -2.15. The maximum Gasteiger partial charge on any atom is 0.124 e. The highest BCUT2D eigenvalue weighted by atomic mass is 35.5. The molecule has 0 fully saturated rings. The average molecular weight is 216 g/mol. The third kappa shape index (κ3) is 2.63. The molecule has 0 heterocycles. The molecule has 0 saturated carbocycles. The number of methoxy groups -OCH3 is 1. The third-order valence-corrected chi connectivity index (χ3v) is 2.17. The zero-order chi connectivity index (χ0) is 10.0. The molecule has 0 aromatic heterocycles. The molecule has 0 aliphatic rings. The number of hydrogen-bond donors (Lipinski definition) is 1. The Bertz CT molecular complexity index is 310. The highest BCUT2D eigenvalue weighted by molar-refractivity contribution is 5.85. The van der Waals surface area contributed by atoms with Crippen molar-refractivity contribution in [2.24, 2.45) is 5.73 Å².